The summed E-state index contributed by atoms with van der Waals surface area (Å²) in [6, 6.07) is 46.1. The molecule has 0 unspecified atom stereocenters. The molecule has 0 saturated heterocycles. The molecule has 6 nitrogen and oxygen atoms in total. The molecular formula is C44H68O6Si5. The zero-order chi connectivity index (χ0) is 39.7. The van der Waals surface area contributed by atoms with Crippen molar-refractivity contribution in [3.63, 3.8) is 0 Å². The third-order valence-corrected chi connectivity index (χ3v) is 27.8. The Hall–Kier alpha value is -2.28. The van der Waals surface area contributed by atoms with Gasteiger partial charge in [0.25, 0.3) is 0 Å². The van der Waals surface area contributed by atoms with Crippen LogP contribution in [0.1, 0.15) is 22.3 Å². The summed E-state index contributed by atoms with van der Waals surface area (Å²) in [5, 5.41) is 0. The lowest BCUT2D eigenvalue weighted by Crippen LogP contribution is -2.53. The molecule has 4 aromatic rings. The second kappa shape index (κ2) is 22.0. The van der Waals surface area contributed by atoms with Crippen molar-refractivity contribution in [2.45, 2.75) is 102 Å². The predicted octanol–water partition coefficient (Wildman–Crippen LogP) is 11.3. The van der Waals surface area contributed by atoms with Crippen LogP contribution in [0.25, 0.3) is 0 Å². The highest BCUT2D eigenvalue weighted by Crippen LogP contribution is 2.31. The van der Waals surface area contributed by atoms with Gasteiger partial charge in [0.1, 0.15) is 0 Å². The molecule has 0 aliphatic heterocycles. The summed E-state index contributed by atoms with van der Waals surface area (Å²) < 4.78 is 41.0. The summed E-state index contributed by atoms with van der Waals surface area (Å²) in [4.78, 5) is 0. The molecule has 0 aromatic heterocycles. The third kappa shape index (κ3) is 18.2. The van der Waals surface area contributed by atoms with Gasteiger partial charge in [-0.25, -0.2) is 0 Å². The van der Waals surface area contributed by atoms with E-state index in [1.54, 1.807) is 0 Å². The van der Waals surface area contributed by atoms with E-state index in [4.69, 9.17) is 25.9 Å². The monoisotopic (exact) mass is 832 g/mol. The van der Waals surface area contributed by atoms with Crippen LogP contribution < -0.4 is 0 Å². The molecule has 0 atom stereocenters. The lowest BCUT2D eigenvalue weighted by molar-refractivity contribution is 0.176. The van der Waals surface area contributed by atoms with Gasteiger partial charge in [0.2, 0.25) is 0 Å². The van der Waals surface area contributed by atoms with E-state index in [1.165, 1.54) is 22.3 Å². The molecule has 0 spiro atoms. The quantitative estimate of drug-likeness (QED) is 0.0588. The molecule has 0 heterocycles. The Morgan fingerprint density at radius 1 is 0.327 bits per heavy atom. The standard InChI is InChI=1S/C44H68O6Si5/c1-51(2,37-39-54(7,45-33-29-41-21-13-9-14-22-41)46-34-30-42-23-15-10-16-24-42)49-53(5,6)50-52(3,4)38-40-55(8,47-35-31-43-25-17-11-18-26-43)48-36-32-44-27-19-12-20-28-44/h9-28H,29-40H2,1-8H3. The summed E-state index contributed by atoms with van der Waals surface area (Å²) in [6.45, 7) is 21.0. The number of hydrogen-bond donors (Lipinski definition) is 0. The van der Waals surface area contributed by atoms with E-state index in [9.17, 15) is 0 Å². The molecule has 0 bridgehead atoms. The van der Waals surface area contributed by atoms with Crippen molar-refractivity contribution in [3.8, 4) is 0 Å². The zero-order valence-electron chi connectivity index (χ0n) is 35.0. The summed E-state index contributed by atoms with van der Waals surface area (Å²) in [7, 11) is -11.6. The van der Waals surface area contributed by atoms with E-state index < -0.39 is 42.3 Å². The van der Waals surface area contributed by atoms with Crippen molar-refractivity contribution < 1.29 is 25.9 Å². The molecule has 0 saturated carbocycles. The van der Waals surface area contributed by atoms with Gasteiger partial charge in [0.05, 0.1) is 0 Å². The van der Waals surface area contributed by atoms with Crippen LogP contribution in [0.3, 0.4) is 0 Å². The molecule has 0 N–H and O–H groups in total. The third-order valence-electron chi connectivity index (χ3n) is 9.97. The fourth-order valence-electron chi connectivity index (χ4n) is 7.00. The fraction of sp³-hybridized carbons (Fsp3) is 0.455. The molecule has 0 aliphatic carbocycles. The molecule has 300 valence electrons. The van der Waals surface area contributed by atoms with Crippen LogP contribution in [-0.4, -0.2) is 68.7 Å². The van der Waals surface area contributed by atoms with E-state index in [-0.39, 0.29) is 0 Å². The maximum absolute atomic E-state index is 7.11. The topological polar surface area (TPSA) is 55.4 Å². The highest BCUT2D eigenvalue weighted by atomic mass is 28.5. The minimum atomic E-state index is -2.47. The molecular weight excluding hydrogens is 765 g/mol. The zero-order valence-corrected chi connectivity index (χ0v) is 40.0. The SMILES string of the molecule is C[Si](C)(CC[Si](C)(OCCc1ccccc1)OCCc1ccccc1)O[Si](C)(C)O[Si](C)(C)CC[Si](C)(OCCc1ccccc1)OCCc1ccccc1. The van der Waals surface area contributed by atoms with E-state index >= 15 is 0 Å². The molecule has 0 radical (unpaired) electrons. The number of hydrogen-bond acceptors (Lipinski definition) is 6. The minimum Gasteiger partial charge on any atom is -0.437 e. The van der Waals surface area contributed by atoms with Crippen molar-refractivity contribution in [1.29, 1.82) is 0 Å². The van der Waals surface area contributed by atoms with Gasteiger partial charge in [-0.3, -0.25) is 0 Å². The summed E-state index contributed by atoms with van der Waals surface area (Å²) in [6.07, 6.45) is 3.53. The van der Waals surface area contributed by atoms with Gasteiger partial charge in [-0.15, -0.1) is 0 Å². The Morgan fingerprint density at radius 2 is 0.564 bits per heavy atom. The average Bonchev–Trinajstić information content (AvgIpc) is 3.14. The highest BCUT2D eigenvalue weighted by Gasteiger charge is 2.43. The van der Waals surface area contributed by atoms with Crippen LogP contribution >= 0.6 is 0 Å². The van der Waals surface area contributed by atoms with Crippen LogP contribution in [0.15, 0.2) is 121 Å². The van der Waals surface area contributed by atoms with Gasteiger partial charge >= 0.3 is 25.7 Å². The first-order chi connectivity index (χ1) is 26.1. The Bertz CT molecular complexity index is 1420. The molecule has 4 rings (SSSR count). The lowest BCUT2D eigenvalue weighted by atomic mass is 10.2. The molecule has 4 aromatic carbocycles. The summed E-state index contributed by atoms with van der Waals surface area (Å²) in [5.74, 6) is 0. The molecule has 0 amide bonds. The van der Waals surface area contributed by atoms with Crippen molar-refractivity contribution >= 4 is 42.3 Å². The predicted molar refractivity (Wildman–Crippen MR) is 241 cm³/mol. The Kier molecular flexibility index (Phi) is 18.2. The first kappa shape index (κ1) is 45.4. The molecule has 0 fully saturated rings. The average molecular weight is 833 g/mol. The first-order valence-electron chi connectivity index (χ1n) is 20.3. The van der Waals surface area contributed by atoms with Crippen molar-refractivity contribution in [1.82, 2.24) is 0 Å². The van der Waals surface area contributed by atoms with E-state index in [0.29, 0.717) is 26.4 Å². The molecule has 11 heteroatoms. The van der Waals surface area contributed by atoms with Crippen LogP contribution in [0, 0.1) is 0 Å². The minimum absolute atomic E-state index is 0.665. The maximum Gasteiger partial charge on any atom is 0.334 e. The van der Waals surface area contributed by atoms with E-state index in [0.717, 1.165) is 49.9 Å². The van der Waals surface area contributed by atoms with E-state index in [1.807, 2.05) is 0 Å². The van der Waals surface area contributed by atoms with Crippen molar-refractivity contribution in [3.05, 3.63) is 144 Å². The Labute approximate surface area is 338 Å². The first-order valence-corrected chi connectivity index (χ1v) is 34.4. The summed E-state index contributed by atoms with van der Waals surface area (Å²) >= 11 is 0. The highest BCUT2D eigenvalue weighted by molar-refractivity contribution is 6.88. The van der Waals surface area contributed by atoms with Gasteiger partial charge in [0, 0.05) is 26.4 Å². The van der Waals surface area contributed by atoms with Crippen molar-refractivity contribution in [2.24, 2.45) is 0 Å². The number of benzene rings is 4. The molecule has 0 aliphatic rings. The lowest BCUT2D eigenvalue weighted by Gasteiger charge is -2.40. The van der Waals surface area contributed by atoms with Crippen molar-refractivity contribution in [2.75, 3.05) is 26.4 Å². The smallest absolute Gasteiger partial charge is 0.334 e. The normalized spacial score (nSPS) is 12.9. The van der Waals surface area contributed by atoms with Crippen LogP contribution in [-0.2, 0) is 51.6 Å². The Balaban J connectivity index is 1.32. The van der Waals surface area contributed by atoms with Gasteiger partial charge in [-0.05, 0) is 124 Å². The second-order valence-corrected chi connectivity index (χ2v) is 35.9. The summed E-state index contributed by atoms with van der Waals surface area (Å²) in [5.41, 5.74) is 5.16. The van der Waals surface area contributed by atoms with Crippen LogP contribution in [0.5, 0.6) is 0 Å². The van der Waals surface area contributed by atoms with Gasteiger partial charge in [-0.2, -0.15) is 0 Å². The van der Waals surface area contributed by atoms with Gasteiger partial charge < -0.3 is 25.9 Å². The fourth-order valence-corrected chi connectivity index (χ4v) is 30.3. The molecule has 55 heavy (non-hydrogen) atoms. The van der Waals surface area contributed by atoms with Crippen LogP contribution in [0.2, 0.25) is 76.6 Å². The van der Waals surface area contributed by atoms with Gasteiger partial charge in [0.15, 0.2) is 16.6 Å². The largest absolute Gasteiger partial charge is 0.437 e. The second-order valence-electron chi connectivity index (χ2n) is 16.7. The van der Waals surface area contributed by atoms with E-state index in [2.05, 4.69) is 174 Å². The maximum atomic E-state index is 7.11. The number of rotatable bonds is 26. The van der Waals surface area contributed by atoms with Gasteiger partial charge in [-0.1, -0.05) is 121 Å². The van der Waals surface area contributed by atoms with Crippen LogP contribution in [0.4, 0.5) is 0 Å². The Morgan fingerprint density at radius 3 is 0.800 bits per heavy atom.